The first kappa shape index (κ1) is 28.2. The maximum atomic E-state index is 13.6. The summed E-state index contributed by atoms with van der Waals surface area (Å²) in [6.45, 7) is 21.5. The number of amides is 1. The monoisotopic (exact) mass is 525 g/mol. The Morgan fingerprint density at radius 1 is 0.868 bits per heavy atom. The second-order valence-electron chi connectivity index (χ2n) is 15.6. The highest BCUT2D eigenvalue weighted by Crippen LogP contribution is 2.77. The van der Waals surface area contributed by atoms with Gasteiger partial charge in [-0.05, 0) is 123 Å². The summed E-state index contributed by atoms with van der Waals surface area (Å²) in [5.74, 6) is 3.43. The van der Waals surface area contributed by atoms with Gasteiger partial charge in [-0.15, -0.1) is 0 Å². The minimum absolute atomic E-state index is 0.0369. The average molecular weight is 526 g/mol. The Labute approximate surface area is 232 Å². The number of ether oxygens (including phenoxy) is 1. The maximum absolute atomic E-state index is 13.6. The summed E-state index contributed by atoms with van der Waals surface area (Å²) >= 11 is 0. The number of hydrogen-bond acceptors (Lipinski definition) is 3. The van der Waals surface area contributed by atoms with Crippen molar-refractivity contribution in [1.82, 2.24) is 5.32 Å². The van der Waals surface area contributed by atoms with E-state index in [0.717, 1.165) is 19.3 Å². The van der Waals surface area contributed by atoms with Crippen molar-refractivity contribution >= 4 is 11.9 Å². The molecule has 38 heavy (non-hydrogen) atoms. The Balaban J connectivity index is 1.53. The molecule has 1 amide bonds. The molecular weight excluding hydrogens is 470 g/mol. The molecule has 0 aromatic rings. The van der Waals surface area contributed by atoms with Crippen LogP contribution in [0.25, 0.3) is 0 Å². The van der Waals surface area contributed by atoms with Crippen LogP contribution in [0.15, 0.2) is 12.2 Å². The number of esters is 1. The van der Waals surface area contributed by atoms with Gasteiger partial charge in [-0.3, -0.25) is 9.59 Å². The number of carbonyl (C=O) groups excluding carboxylic acids is 2. The molecule has 0 bridgehead atoms. The molecule has 214 valence electrons. The zero-order chi connectivity index (χ0) is 27.9. The first-order valence-electron chi connectivity index (χ1n) is 15.7. The summed E-state index contributed by atoms with van der Waals surface area (Å²) < 4.78 is 5.76. The molecule has 1 N–H and O–H groups in total. The molecule has 5 aliphatic carbocycles. The molecule has 0 saturated heterocycles. The fraction of sp³-hybridized carbons (Fsp3) is 0.882. The molecule has 4 unspecified atom stereocenters. The Kier molecular flexibility index (Phi) is 6.76. The summed E-state index contributed by atoms with van der Waals surface area (Å²) in [5.41, 5.74) is 1.88. The van der Waals surface area contributed by atoms with E-state index >= 15 is 0 Å². The van der Waals surface area contributed by atoms with Gasteiger partial charge in [0.1, 0.15) is 0 Å². The standard InChI is InChI=1S/C34H55NO3/c1-21(2)24-13-17-34(29(37)35-9)19-18-32(7)25(28(24)34)10-11-27-30(5)15-12-22(3)31(6,20-38-23(4)36)26(30)14-16-33(27,32)8/h22,24-28H,1,10-20H2,2-9H3,(H,35,37)/t22-,24-,25?,26?,27?,28?,30-,31+,32+,33+,34-/m0/s1. The molecule has 5 saturated carbocycles. The first-order chi connectivity index (χ1) is 17.7. The Morgan fingerprint density at radius 2 is 1.58 bits per heavy atom. The van der Waals surface area contributed by atoms with Crippen molar-refractivity contribution in [2.24, 2.45) is 62.6 Å². The second kappa shape index (κ2) is 9.10. The highest BCUT2D eigenvalue weighted by molar-refractivity contribution is 5.83. The minimum Gasteiger partial charge on any atom is -0.465 e. The van der Waals surface area contributed by atoms with E-state index in [9.17, 15) is 9.59 Å². The van der Waals surface area contributed by atoms with Crippen molar-refractivity contribution in [3.63, 3.8) is 0 Å². The summed E-state index contributed by atoms with van der Waals surface area (Å²) in [6, 6.07) is 0. The van der Waals surface area contributed by atoms with Gasteiger partial charge in [-0.1, -0.05) is 46.8 Å². The summed E-state index contributed by atoms with van der Waals surface area (Å²) in [6.07, 6.45) is 11.8. The van der Waals surface area contributed by atoms with E-state index in [1.165, 1.54) is 50.5 Å². The van der Waals surface area contributed by atoms with E-state index in [4.69, 9.17) is 4.74 Å². The number of carbonyl (C=O) groups is 2. The minimum atomic E-state index is -0.213. The maximum Gasteiger partial charge on any atom is 0.302 e. The van der Waals surface area contributed by atoms with Crippen LogP contribution in [0, 0.1) is 62.6 Å². The third kappa shape index (κ3) is 3.52. The molecule has 0 aromatic carbocycles. The van der Waals surface area contributed by atoms with Crippen molar-refractivity contribution < 1.29 is 14.3 Å². The molecule has 11 atom stereocenters. The largest absolute Gasteiger partial charge is 0.465 e. The number of allylic oxidation sites excluding steroid dienone is 1. The second-order valence-corrected chi connectivity index (χ2v) is 15.6. The van der Waals surface area contributed by atoms with Crippen LogP contribution in [0.5, 0.6) is 0 Å². The highest BCUT2D eigenvalue weighted by atomic mass is 16.5. The molecule has 0 heterocycles. The van der Waals surface area contributed by atoms with Gasteiger partial charge in [0.15, 0.2) is 0 Å². The third-order valence-corrected chi connectivity index (χ3v) is 14.6. The fourth-order valence-corrected chi connectivity index (χ4v) is 12.3. The predicted molar refractivity (Wildman–Crippen MR) is 153 cm³/mol. The zero-order valence-corrected chi connectivity index (χ0v) is 25.7. The molecular formula is C34H55NO3. The Morgan fingerprint density at radius 3 is 2.21 bits per heavy atom. The van der Waals surface area contributed by atoms with E-state index in [1.807, 2.05) is 7.05 Å². The van der Waals surface area contributed by atoms with Gasteiger partial charge in [0.05, 0.1) is 12.0 Å². The molecule has 0 radical (unpaired) electrons. The predicted octanol–water partition coefficient (Wildman–Crippen LogP) is 7.57. The van der Waals surface area contributed by atoms with Crippen LogP contribution in [0.4, 0.5) is 0 Å². The average Bonchev–Trinajstić information content (AvgIpc) is 3.26. The molecule has 0 aromatic heterocycles. The highest BCUT2D eigenvalue weighted by Gasteiger charge is 2.72. The van der Waals surface area contributed by atoms with Gasteiger partial charge in [0.25, 0.3) is 0 Å². The van der Waals surface area contributed by atoms with Crippen LogP contribution in [-0.2, 0) is 14.3 Å². The lowest BCUT2D eigenvalue weighted by Crippen LogP contribution is -2.67. The van der Waals surface area contributed by atoms with Crippen LogP contribution in [0.1, 0.15) is 113 Å². The van der Waals surface area contributed by atoms with Crippen molar-refractivity contribution in [2.45, 2.75) is 113 Å². The van der Waals surface area contributed by atoms with E-state index < -0.39 is 0 Å². The van der Waals surface area contributed by atoms with Gasteiger partial charge in [-0.2, -0.15) is 0 Å². The molecule has 0 aliphatic heterocycles. The molecule has 5 aliphatic rings. The summed E-state index contributed by atoms with van der Waals surface area (Å²) in [7, 11) is 1.84. The smallest absolute Gasteiger partial charge is 0.302 e. The fourth-order valence-electron chi connectivity index (χ4n) is 12.3. The Hall–Kier alpha value is -1.32. The molecule has 0 spiro atoms. The molecule has 4 nitrogen and oxygen atoms in total. The van der Waals surface area contributed by atoms with E-state index in [1.54, 1.807) is 6.92 Å². The number of hydrogen-bond donors (Lipinski definition) is 1. The Bertz CT molecular complexity index is 1010. The van der Waals surface area contributed by atoms with Crippen LogP contribution in [-0.4, -0.2) is 25.5 Å². The van der Waals surface area contributed by atoms with Crippen LogP contribution in [0.3, 0.4) is 0 Å². The van der Waals surface area contributed by atoms with E-state index in [-0.39, 0.29) is 33.0 Å². The SMILES string of the molecule is C=C(C)[C@@H]1CC[C@]2(C(=O)NC)CC[C@]3(C)C(CCC4[C@@]5(C)CC[C@H](C)[C@@](C)(COC(C)=O)C5CC[C@]43C)C12. The first-order valence-corrected chi connectivity index (χ1v) is 15.7. The van der Waals surface area contributed by atoms with E-state index in [2.05, 4.69) is 53.4 Å². The number of rotatable bonds is 4. The molecule has 5 rings (SSSR count). The van der Waals surface area contributed by atoms with Gasteiger partial charge >= 0.3 is 5.97 Å². The topological polar surface area (TPSA) is 55.4 Å². The van der Waals surface area contributed by atoms with Crippen LogP contribution < -0.4 is 5.32 Å². The van der Waals surface area contributed by atoms with Crippen molar-refractivity contribution in [2.75, 3.05) is 13.7 Å². The third-order valence-electron chi connectivity index (χ3n) is 14.6. The normalized spacial score (nSPS) is 51.6. The van der Waals surface area contributed by atoms with Crippen molar-refractivity contribution in [3.05, 3.63) is 12.2 Å². The number of nitrogens with one attached hydrogen (secondary N) is 1. The summed E-state index contributed by atoms with van der Waals surface area (Å²) in [4.78, 5) is 25.4. The van der Waals surface area contributed by atoms with Gasteiger partial charge < -0.3 is 10.1 Å². The molecule has 4 heteroatoms. The van der Waals surface area contributed by atoms with Crippen molar-refractivity contribution in [1.29, 1.82) is 0 Å². The zero-order valence-electron chi connectivity index (χ0n) is 25.7. The lowest BCUT2D eigenvalue weighted by atomic mass is 9.32. The van der Waals surface area contributed by atoms with E-state index in [0.29, 0.717) is 48.0 Å². The van der Waals surface area contributed by atoms with Crippen LogP contribution in [0.2, 0.25) is 0 Å². The van der Waals surface area contributed by atoms with Gasteiger partial charge in [0, 0.05) is 19.4 Å². The summed E-state index contributed by atoms with van der Waals surface area (Å²) in [5, 5.41) is 3.10. The van der Waals surface area contributed by atoms with Crippen LogP contribution >= 0.6 is 0 Å². The quantitative estimate of drug-likeness (QED) is 0.304. The number of fused-ring (bicyclic) bond motifs is 7. The lowest BCUT2D eigenvalue weighted by Gasteiger charge is -2.73. The molecule has 5 fully saturated rings. The van der Waals surface area contributed by atoms with Crippen molar-refractivity contribution in [3.8, 4) is 0 Å². The van der Waals surface area contributed by atoms with Gasteiger partial charge in [-0.25, -0.2) is 0 Å². The lowest BCUT2D eigenvalue weighted by molar-refractivity contribution is -0.247. The van der Waals surface area contributed by atoms with Gasteiger partial charge in [0.2, 0.25) is 5.91 Å².